The van der Waals surface area contributed by atoms with Crippen LogP contribution in [0.25, 0.3) is 10.9 Å². The molecule has 0 aliphatic carbocycles. The molecular weight excluding hydrogens is 266 g/mol. The van der Waals surface area contributed by atoms with Crippen molar-refractivity contribution >= 4 is 28.5 Å². The summed E-state index contributed by atoms with van der Waals surface area (Å²) < 4.78 is 0. The van der Waals surface area contributed by atoms with E-state index < -0.39 is 5.97 Å². The lowest BCUT2D eigenvalue weighted by Gasteiger charge is -2.07. The van der Waals surface area contributed by atoms with Gasteiger partial charge in [0.05, 0.1) is 11.1 Å². The van der Waals surface area contributed by atoms with Crippen LogP contribution >= 0.6 is 0 Å². The Hall–Kier alpha value is -2.95. The van der Waals surface area contributed by atoms with Crippen LogP contribution in [0.3, 0.4) is 0 Å². The summed E-state index contributed by atoms with van der Waals surface area (Å²) in [6.45, 7) is 2.00. The number of hydrogen-bond donors (Lipinski definition) is 2. The average Bonchev–Trinajstić information content (AvgIpc) is 2.49. The number of carbonyl (C=O) groups is 1. The van der Waals surface area contributed by atoms with Crippen molar-refractivity contribution in [3.63, 3.8) is 0 Å². The van der Waals surface area contributed by atoms with E-state index in [4.69, 9.17) is 5.11 Å². The number of aryl methyl sites for hydroxylation is 1. The maximum Gasteiger partial charge on any atom is 0.335 e. The van der Waals surface area contributed by atoms with Gasteiger partial charge in [-0.25, -0.2) is 14.8 Å². The maximum absolute atomic E-state index is 10.8. The van der Waals surface area contributed by atoms with Gasteiger partial charge in [0, 0.05) is 17.3 Å². The highest BCUT2D eigenvalue weighted by atomic mass is 16.4. The van der Waals surface area contributed by atoms with Crippen LogP contribution < -0.4 is 5.32 Å². The summed E-state index contributed by atoms with van der Waals surface area (Å²) in [5.74, 6) is -0.459. The maximum atomic E-state index is 10.8. The third-order valence-corrected chi connectivity index (χ3v) is 3.20. The van der Waals surface area contributed by atoms with E-state index in [2.05, 4.69) is 15.3 Å². The van der Waals surface area contributed by atoms with E-state index in [0.717, 1.165) is 22.2 Å². The summed E-state index contributed by atoms with van der Waals surface area (Å²) >= 11 is 0. The number of carboxylic acids is 1. The second-order valence-corrected chi connectivity index (χ2v) is 4.71. The summed E-state index contributed by atoms with van der Waals surface area (Å²) in [4.78, 5) is 19.6. The van der Waals surface area contributed by atoms with Crippen molar-refractivity contribution in [3.05, 3.63) is 59.8 Å². The van der Waals surface area contributed by atoms with E-state index in [1.165, 1.54) is 12.1 Å². The third kappa shape index (κ3) is 2.67. The Bertz CT molecular complexity index is 813. The lowest BCUT2D eigenvalue weighted by Crippen LogP contribution is -1.99. The Balaban J connectivity index is 1.91. The van der Waals surface area contributed by atoms with Crippen molar-refractivity contribution < 1.29 is 9.90 Å². The average molecular weight is 279 g/mol. The van der Waals surface area contributed by atoms with Gasteiger partial charge in [0.25, 0.3) is 0 Å². The molecule has 0 amide bonds. The molecule has 1 aromatic heterocycles. The molecule has 2 aromatic carbocycles. The molecule has 2 N–H and O–H groups in total. The number of fused-ring (bicyclic) bond motifs is 1. The Morgan fingerprint density at radius 2 is 1.90 bits per heavy atom. The quantitative estimate of drug-likeness (QED) is 0.768. The fourth-order valence-electron chi connectivity index (χ4n) is 2.09. The molecule has 104 valence electrons. The molecule has 0 saturated carbocycles. The number of carboxylic acid groups (broad SMARTS) is 1. The van der Waals surface area contributed by atoms with Crippen LogP contribution in [0, 0.1) is 6.92 Å². The van der Waals surface area contributed by atoms with Crippen LogP contribution in [0.4, 0.5) is 11.6 Å². The fourth-order valence-corrected chi connectivity index (χ4v) is 2.09. The van der Waals surface area contributed by atoms with Gasteiger partial charge in [0.2, 0.25) is 5.95 Å². The molecule has 0 spiro atoms. The highest BCUT2D eigenvalue weighted by Crippen LogP contribution is 2.19. The smallest absolute Gasteiger partial charge is 0.335 e. The Labute approximate surface area is 121 Å². The summed E-state index contributed by atoms with van der Waals surface area (Å²) in [7, 11) is 0. The molecule has 0 saturated heterocycles. The topological polar surface area (TPSA) is 75.1 Å². The van der Waals surface area contributed by atoms with Gasteiger partial charge in [-0.1, -0.05) is 18.2 Å². The van der Waals surface area contributed by atoms with Crippen LogP contribution in [0.15, 0.2) is 48.7 Å². The minimum absolute atomic E-state index is 0.246. The van der Waals surface area contributed by atoms with Gasteiger partial charge in [0.1, 0.15) is 0 Å². The largest absolute Gasteiger partial charge is 0.478 e. The number of aromatic carboxylic acids is 1. The number of nitrogens with zero attached hydrogens (tertiary/aromatic N) is 2. The lowest BCUT2D eigenvalue weighted by atomic mass is 10.1. The highest BCUT2D eigenvalue weighted by molar-refractivity contribution is 5.88. The van der Waals surface area contributed by atoms with E-state index in [1.807, 2.05) is 25.1 Å². The zero-order valence-corrected chi connectivity index (χ0v) is 11.4. The van der Waals surface area contributed by atoms with Gasteiger partial charge in [-0.05, 0) is 36.8 Å². The van der Waals surface area contributed by atoms with E-state index in [-0.39, 0.29) is 5.56 Å². The first-order valence-electron chi connectivity index (χ1n) is 6.46. The van der Waals surface area contributed by atoms with Gasteiger partial charge in [-0.15, -0.1) is 0 Å². The summed E-state index contributed by atoms with van der Waals surface area (Å²) in [6.07, 6.45) is 1.77. The van der Waals surface area contributed by atoms with Crippen molar-refractivity contribution in [3.8, 4) is 0 Å². The van der Waals surface area contributed by atoms with Gasteiger partial charge >= 0.3 is 5.97 Å². The van der Waals surface area contributed by atoms with Crippen molar-refractivity contribution in [2.24, 2.45) is 0 Å². The molecule has 3 aromatic rings. The molecule has 3 rings (SSSR count). The first-order chi connectivity index (χ1) is 10.1. The highest BCUT2D eigenvalue weighted by Gasteiger charge is 2.04. The normalized spacial score (nSPS) is 10.5. The Morgan fingerprint density at radius 3 is 2.62 bits per heavy atom. The van der Waals surface area contributed by atoms with Crippen molar-refractivity contribution in [1.29, 1.82) is 0 Å². The molecule has 0 fully saturated rings. The van der Waals surface area contributed by atoms with E-state index in [1.54, 1.807) is 18.3 Å². The number of benzene rings is 2. The number of rotatable bonds is 3. The van der Waals surface area contributed by atoms with Crippen molar-refractivity contribution in [2.75, 3.05) is 5.32 Å². The molecule has 0 aliphatic heterocycles. The molecular formula is C16H13N3O2. The van der Waals surface area contributed by atoms with Crippen molar-refractivity contribution in [1.82, 2.24) is 9.97 Å². The molecule has 0 aliphatic rings. The van der Waals surface area contributed by atoms with Crippen LogP contribution in [0.5, 0.6) is 0 Å². The molecule has 5 nitrogen and oxygen atoms in total. The molecule has 5 heteroatoms. The molecule has 21 heavy (non-hydrogen) atoms. The van der Waals surface area contributed by atoms with Gasteiger partial charge in [-0.2, -0.15) is 0 Å². The Morgan fingerprint density at radius 1 is 1.14 bits per heavy atom. The van der Waals surface area contributed by atoms with Gasteiger partial charge in [-0.3, -0.25) is 0 Å². The summed E-state index contributed by atoms with van der Waals surface area (Å²) in [5, 5.41) is 12.9. The SMILES string of the molecule is Cc1cccc2cnc(Nc3ccc(C(=O)O)cc3)nc12. The van der Waals surface area contributed by atoms with E-state index in [0.29, 0.717) is 5.95 Å². The van der Waals surface area contributed by atoms with E-state index in [9.17, 15) is 4.79 Å². The standard InChI is InChI=1S/C16H13N3O2/c1-10-3-2-4-12-9-17-16(19-14(10)12)18-13-7-5-11(6-8-13)15(20)21/h2-9H,1H3,(H,20,21)(H,17,18,19). The molecule has 0 radical (unpaired) electrons. The second-order valence-electron chi connectivity index (χ2n) is 4.71. The third-order valence-electron chi connectivity index (χ3n) is 3.20. The zero-order valence-electron chi connectivity index (χ0n) is 11.4. The minimum Gasteiger partial charge on any atom is -0.478 e. The summed E-state index contributed by atoms with van der Waals surface area (Å²) in [6, 6.07) is 12.4. The fraction of sp³-hybridized carbons (Fsp3) is 0.0625. The predicted octanol–water partition coefficient (Wildman–Crippen LogP) is 3.38. The zero-order chi connectivity index (χ0) is 14.8. The Kier molecular flexibility index (Phi) is 3.23. The van der Waals surface area contributed by atoms with Crippen LogP contribution in [0.1, 0.15) is 15.9 Å². The molecule has 0 atom stereocenters. The number of para-hydroxylation sites is 1. The summed E-state index contributed by atoms with van der Waals surface area (Å²) in [5.41, 5.74) is 2.97. The number of hydrogen-bond acceptors (Lipinski definition) is 4. The van der Waals surface area contributed by atoms with Crippen LogP contribution in [-0.2, 0) is 0 Å². The number of anilines is 2. The first-order valence-corrected chi connectivity index (χ1v) is 6.46. The van der Waals surface area contributed by atoms with Crippen LogP contribution in [-0.4, -0.2) is 21.0 Å². The molecule has 0 bridgehead atoms. The molecule has 1 heterocycles. The predicted molar refractivity (Wildman–Crippen MR) is 81.0 cm³/mol. The van der Waals surface area contributed by atoms with E-state index >= 15 is 0 Å². The lowest BCUT2D eigenvalue weighted by molar-refractivity contribution is 0.0697. The molecule has 0 unspecified atom stereocenters. The first kappa shape index (κ1) is 13.1. The van der Waals surface area contributed by atoms with Gasteiger partial charge in [0.15, 0.2) is 0 Å². The van der Waals surface area contributed by atoms with Gasteiger partial charge < -0.3 is 10.4 Å². The monoisotopic (exact) mass is 279 g/mol. The number of nitrogens with one attached hydrogen (secondary N) is 1. The number of aromatic nitrogens is 2. The van der Waals surface area contributed by atoms with Crippen molar-refractivity contribution in [2.45, 2.75) is 6.92 Å². The minimum atomic E-state index is -0.945. The second kappa shape index (κ2) is 5.20. The van der Waals surface area contributed by atoms with Crippen LogP contribution in [0.2, 0.25) is 0 Å².